The maximum absolute atomic E-state index is 12.4. The Kier molecular flexibility index (Phi) is 7.93. The Morgan fingerprint density at radius 2 is 1.61 bits per heavy atom. The Balaban J connectivity index is 1.92. The summed E-state index contributed by atoms with van der Waals surface area (Å²) in [6, 6.07) is 16.3. The van der Waals surface area contributed by atoms with Crippen LogP contribution in [0.25, 0.3) is 0 Å². The van der Waals surface area contributed by atoms with E-state index in [0.29, 0.717) is 11.3 Å². The molecule has 0 spiro atoms. The molecule has 2 unspecified atom stereocenters. The van der Waals surface area contributed by atoms with Crippen molar-refractivity contribution in [3.63, 3.8) is 0 Å². The van der Waals surface area contributed by atoms with E-state index in [9.17, 15) is 14.4 Å². The van der Waals surface area contributed by atoms with Crippen molar-refractivity contribution in [1.29, 1.82) is 0 Å². The number of ketones is 2. The molecular weight excluding hydrogens is 356 g/mol. The van der Waals surface area contributed by atoms with E-state index in [4.69, 9.17) is 9.47 Å². The number of esters is 1. The van der Waals surface area contributed by atoms with Crippen LogP contribution in [0.1, 0.15) is 36.7 Å². The van der Waals surface area contributed by atoms with E-state index in [1.807, 2.05) is 37.3 Å². The second-order valence-electron chi connectivity index (χ2n) is 6.71. The fourth-order valence-electron chi connectivity index (χ4n) is 2.78. The van der Waals surface area contributed by atoms with Crippen LogP contribution in [-0.2, 0) is 20.7 Å². The minimum Gasteiger partial charge on any atom is -0.493 e. The van der Waals surface area contributed by atoms with Crippen molar-refractivity contribution in [3.8, 4) is 5.75 Å². The Labute approximate surface area is 165 Å². The van der Waals surface area contributed by atoms with Gasteiger partial charge in [0, 0.05) is 5.56 Å². The van der Waals surface area contributed by atoms with Crippen molar-refractivity contribution < 1.29 is 23.9 Å². The van der Waals surface area contributed by atoms with Gasteiger partial charge in [-0.25, -0.2) is 0 Å². The van der Waals surface area contributed by atoms with E-state index in [0.717, 1.165) is 5.56 Å². The molecule has 2 aromatic rings. The van der Waals surface area contributed by atoms with Crippen LogP contribution in [0.15, 0.2) is 54.6 Å². The van der Waals surface area contributed by atoms with Crippen LogP contribution < -0.4 is 4.74 Å². The molecule has 148 valence electrons. The zero-order valence-corrected chi connectivity index (χ0v) is 16.5. The molecule has 28 heavy (non-hydrogen) atoms. The van der Waals surface area contributed by atoms with Crippen LogP contribution in [0.4, 0.5) is 0 Å². The first-order valence-corrected chi connectivity index (χ1v) is 9.40. The third-order valence-corrected chi connectivity index (χ3v) is 4.43. The van der Waals surface area contributed by atoms with Gasteiger partial charge in [-0.05, 0) is 38.0 Å². The van der Waals surface area contributed by atoms with Gasteiger partial charge in [0.15, 0.2) is 5.78 Å². The van der Waals surface area contributed by atoms with E-state index >= 15 is 0 Å². The van der Waals surface area contributed by atoms with Gasteiger partial charge >= 0.3 is 5.97 Å². The predicted octanol–water partition coefficient (Wildman–Crippen LogP) is 3.90. The Hall–Kier alpha value is -2.95. The molecule has 0 saturated heterocycles. The number of carbonyl (C=O) groups is 3. The Morgan fingerprint density at radius 3 is 2.18 bits per heavy atom. The predicted molar refractivity (Wildman–Crippen MR) is 106 cm³/mol. The molecular formula is C23H26O5. The largest absolute Gasteiger partial charge is 0.493 e. The molecule has 0 aromatic heterocycles. The van der Waals surface area contributed by atoms with E-state index in [-0.39, 0.29) is 37.1 Å². The normalized spacial score (nSPS) is 12.7. The van der Waals surface area contributed by atoms with Crippen LogP contribution >= 0.6 is 0 Å². The Morgan fingerprint density at radius 1 is 0.964 bits per heavy atom. The van der Waals surface area contributed by atoms with Gasteiger partial charge in [0.25, 0.3) is 0 Å². The van der Waals surface area contributed by atoms with Crippen LogP contribution in [0.2, 0.25) is 0 Å². The summed E-state index contributed by atoms with van der Waals surface area (Å²) in [5, 5.41) is 0. The highest BCUT2D eigenvalue weighted by atomic mass is 16.5. The molecule has 0 aliphatic rings. The summed E-state index contributed by atoms with van der Waals surface area (Å²) in [4.78, 5) is 36.0. The average Bonchev–Trinajstić information content (AvgIpc) is 2.71. The zero-order chi connectivity index (χ0) is 20.5. The highest BCUT2D eigenvalue weighted by molar-refractivity contribution is 5.98. The molecule has 0 bridgehead atoms. The fraction of sp³-hybridized carbons (Fsp3) is 0.348. The van der Waals surface area contributed by atoms with Gasteiger partial charge in [-0.2, -0.15) is 0 Å². The molecule has 5 heteroatoms. The number of hydrogen-bond acceptors (Lipinski definition) is 5. The lowest BCUT2D eigenvalue weighted by atomic mass is 9.96. The minimum atomic E-state index is -0.796. The van der Waals surface area contributed by atoms with E-state index in [1.54, 1.807) is 31.2 Å². The number of Topliss-reactive ketones (excluding diaryl/α,β-unsaturated/α-hetero) is 2. The summed E-state index contributed by atoms with van der Waals surface area (Å²) < 4.78 is 10.7. The molecule has 0 N–H and O–H groups in total. The van der Waals surface area contributed by atoms with Gasteiger partial charge < -0.3 is 9.47 Å². The lowest BCUT2D eigenvalue weighted by Gasteiger charge is -2.14. The maximum atomic E-state index is 12.4. The standard InChI is InChI=1S/C23H26O5/c1-4-27-23(26)21(17(3)24)14-18-10-12-20(13-11-18)28-15-16(2)22(25)19-8-6-5-7-9-19/h5-13,16,21H,4,14-15H2,1-3H3. The molecule has 5 nitrogen and oxygen atoms in total. The number of ether oxygens (including phenoxy) is 2. The first-order valence-electron chi connectivity index (χ1n) is 9.40. The van der Waals surface area contributed by atoms with E-state index < -0.39 is 11.9 Å². The quantitative estimate of drug-likeness (QED) is 0.354. The maximum Gasteiger partial charge on any atom is 0.316 e. The molecule has 2 rings (SSSR count). The molecule has 2 aromatic carbocycles. The van der Waals surface area contributed by atoms with Gasteiger partial charge in [0.1, 0.15) is 17.5 Å². The van der Waals surface area contributed by atoms with Crippen molar-refractivity contribution in [2.75, 3.05) is 13.2 Å². The van der Waals surface area contributed by atoms with Crippen molar-refractivity contribution in [1.82, 2.24) is 0 Å². The number of hydrogen-bond donors (Lipinski definition) is 0. The summed E-state index contributed by atoms with van der Waals surface area (Å²) in [6.45, 7) is 5.46. The molecule has 0 aliphatic carbocycles. The topological polar surface area (TPSA) is 69.7 Å². The Bertz CT molecular complexity index is 796. The zero-order valence-electron chi connectivity index (χ0n) is 16.5. The molecule has 0 fully saturated rings. The van der Waals surface area contributed by atoms with E-state index in [2.05, 4.69) is 0 Å². The average molecular weight is 382 g/mol. The second-order valence-corrected chi connectivity index (χ2v) is 6.71. The highest BCUT2D eigenvalue weighted by Gasteiger charge is 2.25. The lowest BCUT2D eigenvalue weighted by Crippen LogP contribution is -2.26. The van der Waals surface area contributed by atoms with Gasteiger partial charge in [0.05, 0.1) is 19.1 Å². The van der Waals surface area contributed by atoms with Gasteiger partial charge in [-0.15, -0.1) is 0 Å². The van der Waals surface area contributed by atoms with Crippen molar-refractivity contribution in [2.24, 2.45) is 11.8 Å². The number of rotatable bonds is 10. The van der Waals surface area contributed by atoms with Crippen LogP contribution in [-0.4, -0.2) is 30.7 Å². The summed E-state index contributed by atoms with van der Waals surface area (Å²) >= 11 is 0. The highest BCUT2D eigenvalue weighted by Crippen LogP contribution is 2.18. The fourth-order valence-corrected chi connectivity index (χ4v) is 2.78. The third-order valence-electron chi connectivity index (χ3n) is 4.43. The molecule has 0 amide bonds. The monoisotopic (exact) mass is 382 g/mol. The van der Waals surface area contributed by atoms with Gasteiger partial charge in [0.2, 0.25) is 0 Å². The first-order chi connectivity index (χ1) is 13.4. The van der Waals surface area contributed by atoms with Crippen molar-refractivity contribution in [2.45, 2.75) is 27.2 Å². The molecule has 0 heterocycles. The third kappa shape index (κ3) is 6.05. The summed E-state index contributed by atoms with van der Waals surface area (Å²) in [5.41, 5.74) is 1.51. The SMILES string of the molecule is CCOC(=O)C(Cc1ccc(OCC(C)C(=O)c2ccccc2)cc1)C(C)=O. The minimum absolute atomic E-state index is 0.0379. The smallest absolute Gasteiger partial charge is 0.316 e. The van der Waals surface area contributed by atoms with Gasteiger partial charge in [-0.3, -0.25) is 14.4 Å². The molecule has 0 saturated carbocycles. The van der Waals surface area contributed by atoms with Crippen LogP contribution in [0.5, 0.6) is 5.75 Å². The second kappa shape index (κ2) is 10.4. The lowest BCUT2D eigenvalue weighted by molar-refractivity contribution is -0.151. The summed E-state index contributed by atoms with van der Waals surface area (Å²) in [6.07, 6.45) is 0.289. The van der Waals surface area contributed by atoms with Crippen LogP contribution in [0.3, 0.4) is 0 Å². The van der Waals surface area contributed by atoms with E-state index in [1.165, 1.54) is 6.92 Å². The number of benzene rings is 2. The number of carbonyl (C=O) groups excluding carboxylic acids is 3. The molecule has 0 radical (unpaired) electrons. The van der Waals surface area contributed by atoms with Gasteiger partial charge in [-0.1, -0.05) is 49.4 Å². The van der Waals surface area contributed by atoms with Crippen molar-refractivity contribution >= 4 is 17.5 Å². The van der Waals surface area contributed by atoms with Crippen LogP contribution in [0, 0.1) is 11.8 Å². The molecule has 2 atom stereocenters. The first kappa shape index (κ1) is 21.4. The van der Waals surface area contributed by atoms with Crippen molar-refractivity contribution in [3.05, 3.63) is 65.7 Å². The summed E-state index contributed by atoms with van der Waals surface area (Å²) in [5.74, 6) is -1.11. The summed E-state index contributed by atoms with van der Waals surface area (Å²) in [7, 11) is 0. The molecule has 0 aliphatic heterocycles.